The maximum Gasteiger partial charge on any atom is 0.340 e. The van der Waals surface area contributed by atoms with Crippen molar-refractivity contribution in [2.75, 3.05) is 19.5 Å². The Morgan fingerprint density at radius 2 is 2.04 bits per heavy atom. The summed E-state index contributed by atoms with van der Waals surface area (Å²) >= 11 is 1.54. The molecule has 25 heavy (non-hydrogen) atoms. The van der Waals surface area contributed by atoms with Crippen molar-refractivity contribution in [1.29, 1.82) is 0 Å². The van der Waals surface area contributed by atoms with E-state index in [0.717, 1.165) is 12.8 Å². The van der Waals surface area contributed by atoms with Gasteiger partial charge in [-0.25, -0.2) is 4.79 Å². The van der Waals surface area contributed by atoms with Gasteiger partial charge in [0.2, 0.25) is 0 Å². The highest BCUT2D eigenvalue weighted by molar-refractivity contribution is 7.14. The van der Waals surface area contributed by atoms with Gasteiger partial charge in [-0.05, 0) is 55.0 Å². The monoisotopic (exact) mass is 359 g/mol. The molecule has 1 heterocycles. The molecular weight excluding hydrogens is 338 g/mol. The molecule has 0 saturated carbocycles. The summed E-state index contributed by atoms with van der Waals surface area (Å²) in [6.07, 6.45) is 3.22. The number of esters is 1. The summed E-state index contributed by atoms with van der Waals surface area (Å²) < 4.78 is 9.94. The number of aryl methyl sites for hydroxylation is 1. The Bertz CT molecular complexity index is 812. The Hall–Kier alpha value is -2.34. The second-order valence-electron chi connectivity index (χ2n) is 6.26. The highest BCUT2D eigenvalue weighted by atomic mass is 32.1. The summed E-state index contributed by atoms with van der Waals surface area (Å²) in [6, 6.07) is 6.89. The predicted molar refractivity (Wildman–Crippen MR) is 97.8 cm³/mol. The molecule has 1 atom stereocenters. The zero-order valence-electron chi connectivity index (χ0n) is 14.5. The van der Waals surface area contributed by atoms with Crippen LogP contribution in [0, 0.1) is 5.92 Å². The van der Waals surface area contributed by atoms with E-state index in [1.54, 1.807) is 18.2 Å². The van der Waals surface area contributed by atoms with Crippen LogP contribution in [0.4, 0.5) is 5.69 Å². The van der Waals surface area contributed by atoms with E-state index in [0.29, 0.717) is 22.2 Å². The third-order valence-corrected chi connectivity index (χ3v) is 5.67. The van der Waals surface area contributed by atoms with Gasteiger partial charge in [-0.1, -0.05) is 6.92 Å². The van der Waals surface area contributed by atoms with Crippen molar-refractivity contribution in [3.8, 4) is 5.75 Å². The van der Waals surface area contributed by atoms with Crippen LogP contribution in [0.5, 0.6) is 5.75 Å². The number of amides is 1. The molecule has 0 spiro atoms. The lowest BCUT2D eigenvalue weighted by Crippen LogP contribution is -2.14. The Balaban J connectivity index is 1.85. The number of anilines is 1. The summed E-state index contributed by atoms with van der Waals surface area (Å²) in [5, 5.41) is 2.83. The largest absolute Gasteiger partial charge is 0.497 e. The second kappa shape index (κ2) is 7.27. The fraction of sp³-hybridized carbons (Fsp3) is 0.368. The molecule has 1 aromatic heterocycles. The van der Waals surface area contributed by atoms with E-state index in [2.05, 4.69) is 12.2 Å². The Labute approximate surface area is 151 Å². The van der Waals surface area contributed by atoms with Gasteiger partial charge in [-0.3, -0.25) is 4.79 Å². The Morgan fingerprint density at radius 1 is 1.24 bits per heavy atom. The number of methoxy groups -OCH3 is 2. The van der Waals surface area contributed by atoms with Crippen LogP contribution in [0.3, 0.4) is 0 Å². The molecule has 1 aliphatic carbocycles. The molecule has 1 amide bonds. The number of benzene rings is 1. The third kappa shape index (κ3) is 3.69. The minimum absolute atomic E-state index is 0.206. The first kappa shape index (κ1) is 17.5. The third-order valence-electron chi connectivity index (χ3n) is 4.43. The van der Waals surface area contributed by atoms with Crippen LogP contribution in [0.25, 0.3) is 0 Å². The molecule has 1 N–H and O–H groups in total. The van der Waals surface area contributed by atoms with Gasteiger partial charge < -0.3 is 14.8 Å². The normalized spacial score (nSPS) is 16.0. The number of carbonyl (C=O) groups excluding carboxylic acids is 2. The van der Waals surface area contributed by atoms with Crippen molar-refractivity contribution < 1.29 is 19.1 Å². The Morgan fingerprint density at radius 3 is 2.76 bits per heavy atom. The molecule has 2 aromatic rings. The summed E-state index contributed by atoms with van der Waals surface area (Å²) in [5.74, 6) is 0.459. The van der Waals surface area contributed by atoms with Gasteiger partial charge in [0.05, 0.1) is 30.3 Å². The number of hydrogen-bond acceptors (Lipinski definition) is 5. The molecule has 0 unspecified atom stereocenters. The molecule has 0 saturated heterocycles. The highest BCUT2D eigenvalue weighted by Gasteiger charge is 2.22. The number of fused-ring (bicyclic) bond motifs is 1. The minimum Gasteiger partial charge on any atom is -0.497 e. The molecule has 0 aliphatic heterocycles. The van der Waals surface area contributed by atoms with Gasteiger partial charge in [-0.15, -0.1) is 11.3 Å². The van der Waals surface area contributed by atoms with Crippen molar-refractivity contribution >= 4 is 28.9 Å². The van der Waals surface area contributed by atoms with Gasteiger partial charge in [0.25, 0.3) is 5.91 Å². The quantitative estimate of drug-likeness (QED) is 0.841. The molecule has 132 valence electrons. The lowest BCUT2D eigenvalue weighted by Gasteiger charge is -2.16. The highest BCUT2D eigenvalue weighted by Crippen LogP contribution is 2.33. The lowest BCUT2D eigenvalue weighted by molar-refractivity contribution is 0.0601. The summed E-state index contributed by atoms with van der Waals surface area (Å²) in [4.78, 5) is 26.6. The van der Waals surface area contributed by atoms with Gasteiger partial charge >= 0.3 is 5.97 Å². The molecule has 0 fully saturated rings. The number of ether oxygens (including phenoxy) is 2. The van der Waals surface area contributed by atoms with Crippen LogP contribution < -0.4 is 10.1 Å². The van der Waals surface area contributed by atoms with Crippen molar-refractivity contribution in [2.24, 2.45) is 5.92 Å². The molecule has 0 radical (unpaired) electrons. The van der Waals surface area contributed by atoms with Gasteiger partial charge in [0, 0.05) is 4.88 Å². The first-order valence-electron chi connectivity index (χ1n) is 8.21. The SMILES string of the molecule is COC(=O)c1cc(OC)ccc1NC(=O)c1cc2c(s1)CC[C@@H](C)C2. The maximum absolute atomic E-state index is 12.6. The van der Waals surface area contributed by atoms with Crippen molar-refractivity contribution in [3.05, 3.63) is 45.1 Å². The van der Waals surface area contributed by atoms with E-state index in [1.807, 2.05) is 6.07 Å². The fourth-order valence-electron chi connectivity index (χ4n) is 3.04. The molecule has 1 aliphatic rings. The predicted octanol–water partition coefficient (Wildman–Crippen LogP) is 3.92. The van der Waals surface area contributed by atoms with E-state index in [4.69, 9.17) is 9.47 Å². The van der Waals surface area contributed by atoms with Crippen molar-refractivity contribution in [1.82, 2.24) is 0 Å². The minimum atomic E-state index is -0.520. The number of thiophene rings is 1. The van der Waals surface area contributed by atoms with E-state index >= 15 is 0 Å². The molecular formula is C19H21NO4S. The van der Waals surface area contributed by atoms with Crippen LogP contribution in [-0.4, -0.2) is 26.1 Å². The number of nitrogens with one attached hydrogen (secondary N) is 1. The maximum atomic E-state index is 12.6. The van der Waals surface area contributed by atoms with E-state index < -0.39 is 5.97 Å². The van der Waals surface area contributed by atoms with Gasteiger partial charge in [0.1, 0.15) is 5.75 Å². The molecule has 5 nitrogen and oxygen atoms in total. The first-order chi connectivity index (χ1) is 12.0. The average Bonchev–Trinajstić information content (AvgIpc) is 3.04. The van der Waals surface area contributed by atoms with E-state index in [-0.39, 0.29) is 11.5 Å². The van der Waals surface area contributed by atoms with Crippen molar-refractivity contribution in [3.63, 3.8) is 0 Å². The molecule has 1 aromatic carbocycles. The first-order valence-corrected chi connectivity index (χ1v) is 9.02. The fourth-order valence-corrected chi connectivity index (χ4v) is 4.14. The number of hydrogen-bond donors (Lipinski definition) is 1. The lowest BCUT2D eigenvalue weighted by atomic mass is 9.90. The molecule has 6 heteroatoms. The van der Waals surface area contributed by atoms with E-state index in [1.165, 1.54) is 42.4 Å². The smallest absolute Gasteiger partial charge is 0.340 e. The number of carbonyl (C=O) groups is 2. The topological polar surface area (TPSA) is 64.6 Å². The van der Waals surface area contributed by atoms with Gasteiger partial charge in [0.15, 0.2) is 0 Å². The van der Waals surface area contributed by atoms with E-state index in [9.17, 15) is 9.59 Å². The van der Waals surface area contributed by atoms with Crippen LogP contribution in [0.2, 0.25) is 0 Å². The zero-order valence-corrected chi connectivity index (χ0v) is 15.4. The van der Waals surface area contributed by atoms with Gasteiger partial charge in [-0.2, -0.15) is 0 Å². The Kier molecular flexibility index (Phi) is 5.08. The number of rotatable bonds is 4. The average molecular weight is 359 g/mol. The van der Waals surface area contributed by atoms with Crippen LogP contribution in [-0.2, 0) is 17.6 Å². The molecule has 0 bridgehead atoms. The molecule has 3 rings (SSSR count). The van der Waals surface area contributed by atoms with Crippen molar-refractivity contribution in [2.45, 2.75) is 26.2 Å². The van der Waals surface area contributed by atoms with Crippen LogP contribution in [0.1, 0.15) is 43.8 Å². The zero-order chi connectivity index (χ0) is 18.0. The summed E-state index contributed by atoms with van der Waals surface area (Å²) in [7, 11) is 2.83. The standard InChI is InChI=1S/C19H21NO4S/c1-11-4-7-16-12(8-11)9-17(25-16)18(21)20-15-6-5-13(23-2)10-14(15)19(22)24-3/h5-6,9-11H,4,7-8H2,1-3H3,(H,20,21)/t11-/m1/s1. The summed E-state index contributed by atoms with van der Waals surface area (Å²) in [6.45, 7) is 2.24. The van der Waals surface area contributed by atoms with Crippen LogP contribution >= 0.6 is 11.3 Å². The summed E-state index contributed by atoms with van der Waals surface area (Å²) in [5.41, 5.74) is 1.96. The second-order valence-corrected chi connectivity index (χ2v) is 7.40. The van der Waals surface area contributed by atoms with Crippen LogP contribution in [0.15, 0.2) is 24.3 Å².